The fourth-order valence-corrected chi connectivity index (χ4v) is 7.87. The number of isothiocyanates is 1. The third-order valence-electron chi connectivity index (χ3n) is 9.10. The molecule has 0 spiro atoms. The van der Waals surface area contributed by atoms with Gasteiger partial charge in [0.2, 0.25) is 0 Å². The van der Waals surface area contributed by atoms with Crippen LogP contribution in [0.4, 0.5) is 0 Å². The Hall–Kier alpha value is -1.06. The zero-order chi connectivity index (χ0) is 19.4. The number of esters is 1. The van der Waals surface area contributed by atoms with Crippen molar-refractivity contribution in [2.45, 2.75) is 90.2 Å². The summed E-state index contributed by atoms with van der Waals surface area (Å²) in [6.45, 7) is 6.24. The second kappa shape index (κ2) is 6.49. The zero-order valence-electron chi connectivity index (χ0n) is 16.8. The highest BCUT2D eigenvalue weighted by Gasteiger charge is 2.65. The quantitative estimate of drug-likeness (QED) is 0.388. The molecule has 0 aliphatic heterocycles. The van der Waals surface area contributed by atoms with Gasteiger partial charge in [-0.05, 0) is 80.3 Å². The first kappa shape index (κ1) is 19.3. The molecule has 0 N–H and O–H groups in total. The van der Waals surface area contributed by atoms with E-state index in [0.29, 0.717) is 36.4 Å². The lowest BCUT2D eigenvalue weighted by atomic mass is 9.43. The van der Waals surface area contributed by atoms with Gasteiger partial charge in [0.15, 0.2) is 0 Å². The number of thiocarbonyl (C=S) groups is 1. The van der Waals surface area contributed by atoms with Gasteiger partial charge in [-0.1, -0.05) is 13.8 Å². The van der Waals surface area contributed by atoms with Crippen molar-refractivity contribution < 1.29 is 14.3 Å². The summed E-state index contributed by atoms with van der Waals surface area (Å²) in [5, 5.41) is 2.65. The molecule has 0 aromatic rings. The largest absolute Gasteiger partial charge is 0.462 e. The van der Waals surface area contributed by atoms with Crippen LogP contribution in [0.5, 0.6) is 0 Å². The smallest absolute Gasteiger partial charge is 0.302 e. The van der Waals surface area contributed by atoms with Gasteiger partial charge in [0.05, 0.1) is 10.7 Å². The standard InChI is InChI=1S/C22H31NO3S/c1-14(24)26-19-5-4-17-16-7-11-22(23-13-27)12-15(25)6-10-21(22,3)18(16)8-9-20(17,19)2/h16-19H,4-12H2,1-3H3/t16-,17-,18-,19+,20-,21+,22-/m0/s1. The summed E-state index contributed by atoms with van der Waals surface area (Å²) >= 11 is 5.00. The summed E-state index contributed by atoms with van der Waals surface area (Å²) in [4.78, 5) is 28.6. The maximum Gasteiger partial charge on any atom is 0.302 e. The average Bonchev–Trinajstić information content (AvgIpc) is 2.92. The SMILES string of the molecule is CC(=O)O[C@@H]1CC[C@H]2[C@@H]3CC[C@]4(N=C=S)CC(=O)CC[C@]4(C)[C@H]3CC[C@]12C. The van der Waals surface area contributed by atoms with Crippen LogP contribution in [0.3, 0.4) is 0 Å². The van der Waals surface area contributed by atoms with Crippen LogP contribution in [0.2, 0.25) is 0 Å². The van der Waals surface area contributed by atoms with Crippen molar-refractivity contribution >= 4 is 29.1 Å². The van der Waals surface area contributed by atoms with Crippen molar-refractivity contribution in [1.82, 2.24) is 0 Å². The van der Waals surface area contributed by atoms with E-state index in [9.17, 15) is 9.59 Å². The molecule has 4 fully saturated rings. The fourth-order valence-electron chi connectivity index (χ4n) is 7.70. The van der Waals surface area contributed by atoms with Gasteiger partial charge in [-0.3, -0.25) is 9.59 Å². The molecule has 7 atom stereocenters. The van der Waals surface area contributed by atoms with Crippen molar-refractivity contribution in [2.75, 3.05) is 0 Å². The number of hydrogen-bond acceptors (Lipinski definition) is 5. The van der Waals surface area contributed by atoms with Crippen LogP contribution in [0.1, 0.15) is 78.6 Å². The number of ketones is 1. The Kier molecular flexibility index (Phi) is 4.63. The summed E-state index contributed by atoms with van der Waals surface area (Å²) in [7, 11) is 0. The van der Waals surface area contributed by atoms with Crippen LogP contribution >= 0.6 is 12.2 Å². The molecule has 0 aromatic carbocycles. The lowest BCUT2D eigenvalue weighted by Gasteiger charge is -2.63. The minimum absolute atomic E-state index is 0.0243. The Labute approximate surface area is 167 Å². The number of fused-ring (bicyclic) bond motifs is 5. The highest BCUT2D eigenvalue weighted by Crippen LogP contribution is 2.68. The first-order chi connectivity index (χ1) is 12.8. The summed E-state index contributed by atoms with van der Waals surface area (Å²) in [5.41, 5.74) is -0.218. The molecule has 0 saturated heterocycles. The van der Waals surface area contributed by atoms with Crippen molar-refractivity contribution in [2.24, 2.45) is 33.6 Å². The van der Waals surface area contributed by atoms with Gasteiger partial charge in [-0.2, -0.15) is 0 Å². The molecule has 148 valence electrons. The van der Waals surface area contributed by atoms with Crippen LogP contribution in [-0.4, -0.2) is 28.6 Å². The number of carbonyl (C=O) groups is 2. The Bertz CT molecular complexity index is 716. The van der Waals surface area contributed by atoms with Gasteiger partial charge in [0.25, 0.3) is 0 Å². The molecule has 0 aromatic heterocycles. The van der Waals surface area contributed by atoms with Crippen molar-refractivity contribution in [1.29, 1.82) is 0 Å². The molecule has 0 unspecified atom stereocenters. The first-order valence-corrected chi connectivity index (χ1v) is 10.9. The molecule has 4 saturated carbocycles. The van der Waals surface area contributed by atoms with E-state index < -0.39 is 0 Å². The predicted octanol–water partition coefficient (Wildman–Crippen LogP) is 4.76. The van der Waals surface area contributed by atoms with E-state index in [1.54, 1.807) is 0 Å². The number of Topliss-reactive ketones (excluding diaryl/α,β-unsaturated/α-hetero) is 1. The molecule has 27 heavy (non-hydrogen) atoms. The average molecular weight is 390 g/mol. The van der Waals surface area contributed by atoms with Gasteiger partial charge in [-0.15, -0.1) is 0 Å². The number of ether oxygens (including phenoxy) is 1. The molecule has 0 heterocycles. The van der Waals surface area contributed by atoms with Gasteiger partial charge in [-0.25, -0.2) is 4.99 Å². The molecule has 0 radical (unpaired) electrons. The third-order valence-corrected chi connectivity index (χ3v) is 9.19. The molecule has 4 aliphatic rings. The monoisotopic (exact) mass is 389 g/mol. The van der Waals surface area contributed by atoms with Gasteiger partial charge >= 0.3 is 5.97 Å². The van der Waals surface area contributed by atoms with Crippen molar-refractivity contribution in [3.8, 4) is 0 Å². The molecule has 4 nitrogen and oxygen atoms in total. The fraction of sp³-hybridized carbons (Fsp3) is 0.864. The Morgan fingerprint density at radius 2 is 1.93 bits per heavy atom. The van der Waals surface area contributed by atoms with Gasteiger partial charge in [0, 0.05) is 25.2 Å². The minimum atomic E-state index is -0.340. The topological polar surface area (TPSA) is 55.7 Å². The number of carbonyl (C=O) groups excluding carboxylic acids is 2. The second-order valence-corrected chi connectivity index (χ2v) is 10.2. The summed E-state index contributed by atoms with van der Waals surface area (Å²) < 4.78 is 5.74. The lowest BCUT2D eigenvalue weighted by Crippen LogP contribution is -2.61. The number of aliphatic imine (C=N–C) groups is 1. The molecule has 0 bridgehead atoms. The van der Waals surface area contributed by atoms with Crippen LogP contribution in [0.25, 0.3) is 0 Å². The molecular weight excluding hydrogens is 358 g/mol. The van der Waals surface area contributed by atoms with Crippen LogP contribution in [0, 0.1) is 28.6 Å². The Balaban J connectivity index is 1.67. The first-order valence-electron chi connectivity index (χ1n) is 10.5. The number of hydrogen-bond donors (Lipinski definition) is 0. The van der Waals surface area contributed by atoms with E-state index in [0.717, 1.165) is 44.9 Å². The second-order valence-electron chi connectivity index (χ2n) is 10.0. The van der Waals surface area contributed by atoms with Crippen molar-refractivity contribution in [3.05, 3.63) is 0 Å². The van der Waals surface area contributed by atoms with E-state index in [4.69, 9.17) is 17.0 Å². The predicted molar refractivity (Wildman–Crippen MR) is 107 cm³/mol. The highest BCUT2D eigenvalue weighted by atomic mass is 32.1. The summed E-state index contributed by atoms with van der Waals surface area (Å²) in [6, 6.07) is 0. The molecular formula is C22H31NO3S. The minimum Gasteiger partial charge on any atom is -0.462 e. The highest BCUT2D eigenvalue weighted by molar-refractivity contribution is 7.78. The Morgan fingerprint density at radius 3 is 2.63 bits per heavy atom. The van der Waals surface area contributed by atoms with Gasteiger partial charge in [0.1, 0.15) is 11.9 Å². The molecule has 5 heteroatoms. The summed E-state index contributed by atoms with van der Waals surface area (Å²) in [6.07, 6.45) is 8.59. The maximum atomic E-state index is 12.3. The Morgan fingerprint density at radius 1 is 1.15 bits per heavy atom. The van der Waals surface area contributed by atoms with Crippen LogP contribution in [0.15, 0.2) is 4.99 Å². The van der Waals surface area contributed by atoms with E-state index in [-0.39, 0.29) is 28.4 Å². The van der Waals surface area contributed by atoms with Crippen LogP contribution in [-0.2, 0) is 14.3 Å². The molecule has 0 amide bonds. The normalized spacial score (nSPS) is 48.6. The zero-order valence-corrected chi connectivity index (χ0v) is 17.6. The maximum absolute atomic E-state index is 12.3. The van der Waals surface area contributed by atoms with E-state index >= 15 is 0 Å². The lowest BCUT2D eigenvalue weighted by molar-refractivity contribution is -0.163. The van der Waals surface area contributed by atoms with Crippen LogP contribution < -0.4 is 0 Å². The summed E-state index contributed by atoms with van der Waals surface area (Å²) in [5.74, 6) is 1.98. The molecule has 4 rings (SSSR count). The van der Waals surface area contributed by atoms with E-state index in [2.05, 4.69) is 24.0 Å². The van der Waals surface area contributed by atoms with E-state index in [1.165, 1.54) is 6.92 Å². The molecule has 4 aliphatic carbocycles. The third kappa shape index (κ3) is 2.68. The number of nitrogens with zero attached hydrogens (tertiary/aromatic N) is 1. The van der Waals surface area contributed by atoms with Crippen molar-refractivity contribution in [3.63, 3.8) is 0 Å². The van der Waals surface area contributed by atoms with E-state index in [1.807, 2.05) is 0 Å². The van der Waals surface area contributed by atoms with Gasteiger partial charge < -0.3 is 4.74 Å². The number of rotatable bonds is 2.